The summed E-state index contributed by atoms with van der Waals surface area (Å²) in [6.07, 6.45) is -6.64. The number of amides is 1. The lowest BCUT2D eigenvalue weighted by Crippen LogP contribution is -2.42. The minimum absolute atomic E-state index is 0.135. The average Bonchev–Trinajstić information content (AvgIpc) is 2.66. The number of carbonyl (C=O) groups excluding carboxylic acids is 1. The van der Waals surface area contributed by atoms with Gasteiger partial charge in [0.05, 0.1) is 17.1 Å². The molecule has 2 unspecified atom stereocenters. The number of halogens is 5. The number of carbonyl (C=O) groups is 2. The SMILES string of the molecule is CC(CC(=O)O)NC(=O)C(C)Oc1cc(-n2c(=O)cc(C(F)(F)F)n(C)c2=O)c(F)cc1Cl. The van der Waals surface area contributed by atoms with Crippen molar-refractivity contribution in [2.45, 2.75) is 38.6 Å². The Balaban J connectivity index is 2.46. The Bertz CT molecular complexity index is 1210. The molecule has 1 heterocycles. The smallest absolute Gasteiger partial charge is 0.431 e. The molecule has 14 heteroatoms. The molecule has 0 aliphatic carbocycles. The summed E-state index contributed by atoms with van der Waals surface area (Å²) < 4.78 is 59.3. The second-order valence-electron chi connectivity index (χ2n) is 7.04. The van der Waals surface area contributed by atoms with Crippen LogP contribution in [-0.4, -0.2) is 38.3 Å². The number of hydrogen-bond donors (Lipinski definition) is 2. The van der Waals surface area contributed by atoms with E-state index in [9.17, 15) is 36.7 Å². The number of aromatic nitrogens is 2. The molecule has 1 amide bonds. The number of carboxylic acid groups (broad SMARTS) is 1. The van der Waals surface area contributed by atoms with Crippen LogP contribution in [0.15, 0.2) is 27.8 Å². The van der Waals surface area contributed by atoms with Crippen LogP contribution in [-0.2, 0) is 22.8 Å². The number of ether oxygens (including phenoxy) is 1. The maximum atomic E-state index is 14.5. The lowest BCUT2D eigenvalue weighted by atomic mass is 10.2. The molecule has 2 aromatic rings. The summed E-state index contributed by atoms with van der Waals surface area (Å²) in [5.41, 5.74) is -5.21. The van der Waals surface area contributed by atoms with E-state index >= 15 is 0 Å². The van der Waals surface area contributed by atoms with E-state index in [2.05, 4.69) is 5.32 Å². The Morgan fingerprint density at radius 1 is 1.21 bits per heavy atom. The summed E-state index contributed by atoms with van der Waals surface area (Å²) in [6.45, 7) is 2.71. The van der Waals surface area contributed by atoms with E-state index in [0.29, 0.717) is 6.07 Å². The summed E-state index contributed by atoms with van der Waals surface area (Å²) >= 11 is 5.91. The highest BCUT2D eigenvalue weighted by Crippen LogP contribution is 2.30. The normalized spacial score (nSPS) is 13.3. The van der Waals surface area contributed by atoms with Gasteiger partial charge in [0, 0.05) is 25.2 Å². The Hall–Kier alpha value is -3.35. The van der Waals surface area contributed by atoms with Crippen LogP contribution >= 0.6 is 11.6 Å². The summed E-state index contributed by atoms with van der Waals surface area (Å²) in [5, 5.41) is 10.8. The van der Waals surface area contributed by atoms with Crippen molar-refractivity contribution >= 4 is 23.5 Å². The predicted octanol–water partition coefficient (Wildman–Crippen LogP) is 2.09. The third-order valence-corrected chi connectivity index (χ3v) is 4.69. The summed E-state index contributed by atoms with van der Waals surface area (Å²) in [4.78, 5) is 47.6. The summed E-state index contributed by atoms with van der Waals surface area (Å²) in [6, 6.07) is 0.843. The molecule has 0 radical (unpaired) electrons. The van der Waals surface area contributed by atoms with E-state index in [1.165, 1.54) is 13.8 Å². The third-order valence-electron chi connectivity index (χ3n) is 4.40. The van der Waals surface area contributed by atoms with E-state index in [-0.39, 0.29) is 32.4 Å². The molecule has 0 bridgehead atoms. The number of carboxylic acids is 1. The van der Waals surface area contributed by atoms with Gasteiger partial charge in [-0.05, 0) is 19.9 Å². The number of hydrogen-bond acceptors (Lipinski definition) is 5. The molecule has 180 valence electrons. The van der Waals surface area contributed by atoms with E-state index in [4.69, 9.17) is 21.4 Å². The highest BCUT2D eigenvalue weighted by Gasteiger charge is 2.35. The molecular weight excluding hydrogens is 478 g/mol. The molecule has 0 fully saturated rings. The van der Waals surface area contributed by atoms with Gasteiger partial charge in [-0.25, -0.2) is 13.8 Å². The number of aliphatic carboxylic acids is 1. The molecule has 0 spiro atoms. The zero-order valence-electron chi connectivity index (χ0n) is 17.4. The molecule has 1 aromatic heterocycles. The van der Waals surface area contributed by atoms with Gasteiger partial charge >= 0.3 is 17.8 Å². The average molecular weight is 496 g/mol. The van der Waals surface area contributed by atoms with Gasteiger partial charge in [0.15, 0.2) is 6.10 Å². The second kappa shape index (κ2) is 9.65. The number of rotatable bonds is 7. The zero-order chi connectivity index (χ0) is 25.2. The number of nitrogens with one attached hydrogen (secondary N) is 1. The lowest BCUT2D eigenvalue weighted by molar-refractivity contribution is -0.144. The minimum Gasteiger partial charge on any atom is -0.481 e. The maximum Gasteiger partial charge on any atom is 0.431 e. The number of nitrogens with zero attached hydrogens (tertiary/aromatic N) is 2. The van der Waals surface area contributed by atoms with Crippen molar-refractivity contribution in [3.8, 4) is 11.4 Å². The van der Waals surface area contributed by atoms with Crippen LogP contribution < -0.4 is 21.3 Å². The van der Waals surface area contributed by atoms with Crippen molar-refractivity contribution in [2.75, 3.05) is 0 Å². The van der Waals surface area contributed by atoms with Crippen molar-refractivity contribution in [2.24, 2.45) is 7.05 Å². The number of benzene rings is 1. The first-order valence-electron chi connectivity index (χ1n) is 9.22. The van der Waals surface area contributed by atoms with Crippen LogP contribution in [0, 0.1) is 5.82 Å². The van der Waals surface area contributed by atoms with E-state index in [1.807, 2.05) is 0 Å². The van der Waals surface area contributed by atoms with Crippen LogP contribution in [0.5, 0.6) is 5.75 Å². The highest BCUT2D eigenvalue weighted by molar-refractivity contribution is 6.32. The molecule has 2 N–H and O–H groups in total. The van der Waals surface area contributed by atoms with Crippen molar-refractivity contribution in [3.05, 3.63) is 55.6 Å². The van der Waals surface area contributed by atoms with Gasteiger partial charge in [-0.2, -0.15) is 13.2 Å². The summed E-state index contributed by atoms with van der Waals surface area (Å²) in [5.74, 6) is -3.45. The van der Waals surface area contributed by atoms with Crippen molar-refractivity contribution in [1.29, 1.82) is 0 Å². The molecule has 33 heavy (non-hydrogen) atoms. The van der Waals surface area contributed by atoms with Crippen LogP contribution in [0.1, 0.15) is 26.0 Å². The Morgan fingerprint density at radius 2 is 1.82 bits per heavy atom. The molecule has 2 rings (SSSR count). The van der Waals surface area contributed by atoms with E-state index < -0.39 is 58.6 Å². The topological polar surface area (TPSA) is 120 Å². The first-order valence-corrected chi connectivity index (χ1v) is 9.59. The quantitative estimate of drug-likeness (QED) is 0.568. The largest absolute Gasteiger partial charge is 0.481 e. The summed E-state index contributed by atoms with van der Waals surface area (Å²) in [7, 11) is 0.761. The van der Waals surface area contributed by atoms with Crippen LogP contribution in [0.25, 0.3) is 5.69 Å². The van der Waals surface area contributed by atoms with Gasteiger partial charge in [0.25, 0.3) is 11.5 Å². The van der Waals surface area contributed by atoms with Crippen LogP contribution in [0.3, 0.4) is 0 Å². The Morgan fingerprint density at radius 3 is 2.36 bits per heavy atom. The van der Waals surface area contributed by atoms with Gasteiger partial charge < -0.3 is 15.2 Å². The van der Waals surface area contributed by atoms with Crippen molar-refractivity contribution < 1.29 is 37.0 Å². The molecule has 2 atom stereocenters. The molecule has 1 aromatic carbocycles. The van der Waals surface area contributed by atoms with E-state index in [0.717, 1.165) is 13.1 Å². The Kier molecular flexibility index (Phi) is 7.57. The van der Waals surface area contributed by atoms with Gasteiger partial charge in [-0.1, -0.05) is 11.6 Å². The first kappa shape index (κ1) is 25.9. The monoisotopic (exact) mass is 495 g/mol. The minimum atomic E-state index is -5.00. The van der Waals surface area contributed by atoms with Gasteiger partial charge in [0.1, 0.15) is 17.3 Å². The first-order chi connectivity index (χ1) is 15.1. The number of alkyl halides is 3. The van der Waals surface area contributed by atoms with E-state index in [1.54, 1.807) is 0 Å². The molecule has 9 nitrogen and oxygen atoms in total. The van der Waals surface area contributed by atoms with Crippen molar-refractivity contribution in [3.63, 3.8) is 0 Å². The highest BCUT2D eigenvalue weighted by atomic mass is 35.5. The molecular formula is C19H18ClF4N3O6. The Labute approximate surface area is 188 Å². The van der Waals surface area contributed by atoms with Gasteiger partial charge in [0.2, 0.25) is 0 Å². The molecule has 0 saturated carbocycles. The standard InChI is InChI=1S/C19H18ClF4N3O6/c1-8(4-16(29)30)25-17(31)9(2)33-13-6-12(11(21)5-10(13)20)27-15(28)7-14(19(22,23)24)26(3)18(27)32/h5-9H,4H2,1-3H3,(H,25,31)(H,29,30). The third kappa shape index (κ3) is 5.92. The lowest BCUT2D eigenvalue weighted by Gasteiger charge is -2.19. The fourth-order valence-corrected chi connectivity index (χ4v) is 3.01. The maximum absolute atomic E-state index is 14.5. The predicted molar refractivity (Wildman–Crippen MR) is 107 cm³/mol. The van der Waals surface area contributed by atoms with Gasteiger partial charge in [-0.3, -0.25) is 19.0 Å². The van der Waals surface area contributed by atoms with Crippen LogP contribution in [0.4, 0.5) is 17.6 Å². The second-order valence-corrected chi connectivity index (χ2v) is 7.45. The van der Waals surface area contributed by atoms with Crippen molar-refractivity contribution in [1.82, 2.24) is 14.5 Å². The zero-order valence-corrected chi connectivity index (χ0v) is 18.1. The fourth-order valence-electron chi connectivity index (χ4n) is 2.82. The fraction of sp³-hybridized carbons (Fsp3) is 0.368. The molecule has 0 aliphatic heterocycles. The molecule has 0 aliphatic rings. The molecule has 0 saturated heterocycles. The van der Waals surface area contributed by atoms with Gasteiger partial charge in [-0.15, -0.1) is 0 Å². The van der Waals surface area contributed by atoms with Crippen LogP contribution in [0.2, 0.25) is 5.02 Å².